The van der Waals surface area contributed by atoms with E-state index in [9.17, 15) is 13.2 Å². The first-order valence-corrected chi connectivity index (χ1v) is 12.5. The van der Waals surface area contributed by atoms with Gasteiger partial charge >= 0.3 is 0 Å². The maximum atomic E-state index is 13.2. The second-order valence-corrected chi connectivity index (χ2v) is 10.0. The topological polar surface area (TPSA) is 89.9 Å². The third-order valence-corrected chi connectivity index (χ3v) is 8.01. The summed E-state index contributed by atoms with van der Waals surface area (Å²) >= 11 is 0. The molecule has 0 bridgehead atoms. The van der Waals surface area contributed by atoms with Gasteiger partial charge in [-0.3, -0.25) is 4.79 Å². The van der Waals surface area contributed by atoms with Crippen molar-refractivity contribution in [3.05, 3.63) is 77.1 Å². The van der Waals surface area contributed by atoms with Crippen LogP contribution in [0.1, 0.15) is 27.3 Å². The first-order valence-electron chi connectivity index (χ1n) is 11.1. The molecule has 180 valence electrons. The molecule has 34 heavy (non-hydrogen) atoms. The van der Waals surface area contributed by atoms with Crippen LogP contribution in [0.2, 0.25) is 0 Å². The lowest BCUT2D eigenvalue weighted by molar-refractivity contribution is 0.0730. The normalized spacial score (nSPS) is 14.7. The fourth-order valence-electron chi connectivity index (χ4n) is 4.22. The van der Waals surface area contributed by atoms with Crippen LogP contribution >= 0.6 is 0 Å². The Kier molecular flexibility index (Phi) is 7.06. The molecule has 0 unspecified atom stereocenters. The molecule has 1 saturated heterocycles. The SMILES string of the molecule is COc1ccc(-n2c(C)cc(C(=O)NCc3ccccc3S(=O)(=O)N3CCOCC3)c2C)cc1. The van der Waals surface area contributed by atoms with Crippen LogP contribution in [0.4, 0.5) is 0 Å². The van der Waals surface area contributed by atoms with E-state index in [0.29, 0.717) is 37.4 Å². The zero-order valence-electron chi connectivity index (χ0n) is 19.6. The van der Waals surface area contributed by atoms with Gasteiger partial charge in [-0.2, -0.15) is 4.31 Å². The molecule has 1 aliphatic rings. The molecule has 0 saturated carbocycles. The molecule has 1 amide bonds. The number of nitrogens with one attached hydrogen (secondary N) is 1. The highest BCUT2D eigenvalue weighted by atomic mass is 32.2. The van der Waals surface area contributed by atoms with Gasteiger partial charge in [-0.1, -0.05) is 18.2 Å². The van der Waals surface area contributed by atoms with Gasteiger partial charge in [0.2, 0.25) is 10.0 Å². The summed E-state index contributed by atoms with van der Waals surface area (Å²) < 4.78 is 40.3. The number of methoxy groups -OCH3 is 1. The molecule has 3 aromatic rings. The summed E-state index contributed by atoms with van der Waals surface area (Å²) in [7, 11) is -2.05. The van der Waals surface area contributed by atoms with Crippen molar-refractivity contribution in [2.75, 3.05) is 33.4 Å². The number of aromatic nitrogens is 1. The lowest BCUT2D eigenvalue weighted by Gasteiger charge is -2.27. The average molecular weight is 484 g/mol. The van der Waals surface area contributed by atoms with E-state index in [1.54, 1.807) is 31.4 Å². The highest BCUT2D eigenvalue weighted by Gasteiger charge is 2.28. The molecule has 2 heterocycles. The highest BCUT2D eigenvalue weighted by Crippen LogP contribution is 2.24. The quantitative estimate of drug-likeness (QED) is 0.558. The van der Waals surface area contributed by atoms with Crippen molar-refractivity contribution in [3.63, 3.8) is 0 Å². The van der Waals surface area contributed by atoms with Crippen LogP contribution < -0.4 is 10.1 Å². The van der Waals surface area contributed by atoms with Crippen molar-refractivity contribution in [1.29, 1.82) is 0 Å². The maximum absolute atomic E-state index is 13.2. The predicted octanol–water partition coefficient (Wildman–Crippen LogP) is 3.05. The molecule has 1 aliphatic heterocycles. The molecular formula is C25H29N3O5S. The largest absolute Gasteiger partial charge is 0.497 e. The summed E-state index contributed by atoms with van der Waals surface area (Å²) in [6, 6.07) is 16.2. The van der Waals surface area contributed by atoms with Crippen molar-refractivity contribution < 1.29 is 22.7 Å². The third-order valence-electron chi connectivity index (χ3n) is 6.01. The van der Waals surface area contributed by atoms with Gasteiger partial charge in [0.1, 0.15) is 5.75 Å². The minimum absolute atomic E-state index is 0.102. The standard InChI is InChI=1S/C25H29N3O5S/c1-18-16-23(19(2)28(18)21-8-10-22(32-3)11-9-21)25(29)26-17-20-6-4-5-7-24(20)34(30,31)27-12-14-33-15-13-27/h4-11,16H,12-15,17H2,1-3H3,(H,26,29). The highest BCUT2D eigenvalue weighted by molar-refractivity contribution is 7.89. The van der Waals surface area contributed by atoms with Crippen molar-refractivity contribution in [2.24, 2.45) is 0 Å². The molecule has 0 spiro atoms. The second kappa shape index (κ2) is 10.0. The lowest BCUT2D eigenvalue weighted by Crippen LogP contribution is -2.41. The molecule has 1 N–H and O–H groups in total. The Bertz CT molecular complexity index is 1280. The van der Waals surface area contributed by atoms with Crippen LogP contribution in [-0.4, -0.2) is 56.6 Å². The van der Waals surface area contributed by atoms with Crippen molar-refractivity contribution in [2.45, 2.75) is 25.3 Å². The Morgan fingerprint density at radius 2 is 1.74 bits per heavy atom. The number of morpholine rings is 1. The molecule has 4 rings (SSSR count). The van der Waals surface area contributed by atoms with Crippen molar-refractivity contribution >= 4 is 15.9 Å². The minimum Gasteiger partial charge on any atom is -0.497 e. The fourth-order valence-corrected chi connectivity index (χ4v) is 5.85. The molecular weight excluding hydrogens is 454 g/mol. The number of benzene rings is 2. The zero-order chi connectivity index (χ0) is 24.3. The number of ether oxygens (including phenoxy) is 2. The van der Waals surface area contributed by atoms with Crippen molar-refractivity contribution in [1.82, 2.24) is 14.2 Å². The Balaban J connectivity index is 1.54. The minimum atomic E-state index is -3.67. The van der Waals surface area contributed by atoms with E-state index in [2.05, 4.69) is 5.32 Å². The number of amides is 1. The van der Waals surface area contributed by atoms with E-state index in [0.717, 1.165) is 22.8 Å². The first-order chi connectivity index (χ1) is 16.3. The number of aryl methyl sites for hydroxylation is 1. The van der Waals surface area contributed by atoms with E-state index in [1.165, 1.54) is 4.31 Å². The monoisotopic (exact) mass is 483 g/mol. The van der Waals surface area contributed by atoms with Gasteiger partial charge in [0.25, 0.3) is 5.91 Å². The van der Waals surface area contributed by atoms with Crippen LogP contribution in [0.5, 0.6) is 5.75 Å². The van der Waals surface area contributed by atoms with E-state index in [4.69, 9.17) is 9.47 Å². The van der Waals surface area contributed by atoms with Gasteiger partial charge in [0.05, 0.1) is 30.8 Å². The van der Waals surface area contributed by atoms with Crippen LogP contribution in [0.25, 0.3) is 5.69 Å². The molecule has 1 fully saturated rings. The number of nitrogens with zero attached hydrogens (tertiary/aromatic N) is 2. The molecule has 1 aromatic heterocycles. The van der Waals surface area contributed by atoms with Gasteiger partial charge in [-0.25, -0.2) is 8.42 Å². The van der Waals surface area contributed by atoms with E-state index in [1.807, 2.05) is 48.7 Å². The Morgan fingerprint density at radius 1 is 1.06 bits per heavy atom. The van der Waals surface area contributed by atoms with E-state index < -0.39 is 10.0 Å². The number of hydrogen-bond donors (Lipinski definition) is 1. The number of rotatable bonds is 7. The van der Waals surface area contributed by atoms with Gasteiger partial charge in [0, 0.05) is 36.7 Å². The fraction of sp³-hybridized carbons (Fsp3) is 0.320. The molecule has 0 atom stereocenters. The Labute approximate surface area is 200 Å². The second-order valence-electron chi connectivity index (χ2n) is 8.13. The predicted molar refractivity (Wildman–Crippen MR) is 129 cm³/mol. The van der Waals surface area contributed by atoms with Crippen LogP contribution in [0.3, 0.4) is 0 Å². The van der Waals surface area contributed by atoms with Gasteiger partial charge in [-0.15, -0.1) is 0 Å². The third kappa shape index (κ3) is 4.72. The van der Waals surface area contributed by atoms with E-state index in [-0.39, 0.29) is 17.3 Å². The summed E-state index contributed by atoms with van der Waals surface area (Å²) in [6.45, 7) is 5.33. The number of carbonyl (C=O) groups excluding carboxylic acids is 1. The zero-order valence-corrected chi connectivity index (χ0v) is 20.4. The number of sulfonamides is 1. The van der Waals surface area contributed by atoms with E-state index >= 15 is 0 Å². The number of hydrogen-bond acceptors (Lipinski definition) is 5. The van der Waals surface area contributed by atoms with Crippen LogP contribution in [-0.2, 0) is 21.3 Å². The Morgan fingerprint density at radius 3 is 2.41 bits per heavy atom. The Hall–Kier alpha value is -3.14. The lowest BCUT2D eigenvalue weighted by atomic mass is 10.2. The van der Waals surface area contributed by atoms with Crippen molar-refractivity contribution in [3.8, 4) is 11.4 Å². The number of carbonyl (C=O) groups is 1. The van der Waals surface area contributed by atoms with Gasteiger partial charge in [0.15, 0.2) is 0 Å². The summed E-state index contributed by atoms with van der Waals surface area (Å²) in [4.78, 5) is 13.3. The summed E-state index contributed by atoms with van der Waals surface area (Å²) in [5, 5.41) is 2.90. The summed E-state index contributed by atoms with van der Waals surface area (Å²) in [5.41, 5.74) is 3.74. The smallest absolute Gasteiger partial charge is 0.253 e. The average Bonchev–Trinajstić information content (AvgIpc) is 3.17. The molecule has 2 aromatic carbocycles. The van der Waals surface area contributed by atoms with Gasteiger partial charge in [-0.05, 0) is 55.8 Å². The van der Waals surface area contributed by atoms with Crippen LogP contribution in [0.15, 0.2) is 59.5 Å². The molecule has 8 nitrogen and oxygen atoms in total. The first kappa shape index (κ1) is 24.0. The summed E-state index contributed by atoms with van der Waals surface area (Å²) in [5.74, 6) is 0.501. The summed E-state index contributed by atoms with van der Waals surface area (Å²) in [6.07, 6.45) is 0. The molecule has 0 radical (unpaired) electrons. The maximum Gasteiger partial charge on any atom is 0.253 e. The van der Waals surface area contributed by atoms with Gasteiger partial charge < -0.3 is 19.4 Å². The molecule has 9 heteroatoms. The molecule has 0 aliphatic carbocycles. The van der Waals surface area contributed by atoms with Crippen LogP contribution in [0, 0.1) is 13.8 Å².